The predicted octanol–water partition coefficient (Wildman–Crippen LogP) is 5.63. The van der Waals surface area contributed by atoms with Crippen molar-refractivity contribution in [3.63, 3.8) is 0 Å². The highest BCUT2D eigenvalue weighted by Gasteiger charge is 2.33. The molecule has 3 aromatic rings. The maximum Gasteiger partial charge on any atom is 0.433 e. The first-order valence-corrected chi connectivity index (χ1v) is 13.8. The highest BCUT2D eigenvalue weighted by atomic mass is 19.4. The van der Waals surface area contributed by atoms with Crippen molar-refractivity contribution in [2.45, 2.75) is 71.8 Å². The van der Waals surface area contributed by atoms with E-state index < -0.39 is 17.8 Å². The Bertz CT molecular complexity index is 1320. The number of pyridine rings is 3. The largest absolute Gasteiger partial charge is 0.433 e. The molecule has 1 saturated heterocycles. The SMILES string of the molecule is Cc1ccncc1CN(c1ccc(C(F)(F)F)nc1)C1CCN([C@H](C)CCNC(=O)c2c(C)cc(F)nc2C)CC1. The van der Waals surface area contributed by atoms with Crippen molar-refractivity contribution in [2.75, 3.05) is 24.5 Å². The fourth-order valence-electron chi connectivity index (χ4n) is 5.43. The van der Waals surface area contributed by atoms with Crippen molar-refractivity contribution < 1.29 is 22.4 Å². The molecule has 0 aliphatic carbocycles. The molecule has 1 atom stereocenters. The van der Waals surface area contributed by atoms with Gasteiger partial charge in [0.05, 0.1) is 23.1 Å². The van der Waals surface area contributed by atoms with Gasteiger partial charge in [-0.05, 0) is 87.9 Å². The fourth-order valence-corrected chi connectivity index (χ4v) is 5.43. The van der Waals surface area contributed by atoms with Gasteiger partial charge in [0.25, 0.3) is 5.91 Å². The van der Waals surface area contributed by atoms with Gasteiger partial charge in [0, 0.05) is 50.7 Å². The maximum absolute atomic E-state index is 13.5. The number of rotatable bonds is 9. The van der Waals surface area contributed by atoms with E-state index in [4.69, 9.17) is 0 Å². The Morgan fingerprint density at radius 1 is 1.12 bits per heavy atom. The summed E-state index contributed by atoms with van der Waals surface area (Å²) in [6, 6.07) is 6.05. The molecule has 11 heteroatoms. The number of nitrogens with one attached hydrogen (secondary N) is 1. The number of nitrogens with zero attached hydrogens (tertiary/aromatic N) is 5. The van der Waals surface area contributed by atoms with Crippen LogP contribution >= 0.6 is 0 Å². The van der Waals surface area contributed by atoms with Crippen LogP contribution < -0.4 is 10.2 Å². The molecule has 1 fully saturated rings. The van der Waals surface area contributed by atoms with Crippen molar-refractivity contribution in [1.82, 2.24) is 25.2 Å². The van der Waals surface area contributed by atoms with E-state index in [2.05, 4.69) is 37.0 Å². The van der Waals surface area contributed by atoms with Gasteiger partial charge in [0.2, 0.25) is 5.95 Å². The lowest BCUT2D eigenvalue weighted by molar-refractivity contribution is -0.141. The standard InChI is InChI=1S/C30H36F4N6O/c1-19-7-11-35-16-23(19)18-40(25-5-6-26(37-17-25)30(32,33)34)24-9-13-39(14-10-24)21(3)8-12-36-29(41)28-20(2)15-27(31)38-22(28)4/h5-7,11,15-17,21,24H,8-10,12-14,18H2,1-4H3,(H,36,41)/t21-/m1/s1. The van der Waals surface area contributed by atoms with E-state index in [-0.39, 0.29) is 18.0 Å². The molecule has 0 spiro atoms. The lowest BCUT2D eigenvalue weighted by Crippen LogP contribution is -2.48. The third kappa shape index (κ3) is 7.58. The average molecular weight is 573 g/mol. The van der Waals surface area contributed by atoms with Gasteiger partial charge in [0.15, 0.2) is 0 Å². The predicted molar refractivity (Wildman–Crippen MR) is 149 cm³/mol. The Kier molecular flexibility index (Phi) is 9.57. The molecule has 4 heterocycles. The number of hydrogen-bond acceptors (Lipinski definition) is 6. The number of amides is 1. The molecule has 1 aliphatic heterocycles. The summed E-state index contributed by atoms with van der Waals surface area (Å²) in [7, 11) is 0. The van der Waals surface area contributed by atoms with Crippen molar-refractivity contribution in [1.29, 1.82) is 0 Å². The van der Waals surface area contributed by atoms with Crippen LogP contribution in [-0.2, 0) is 12.7 Å². The first-order chi connectivity index (χ1) is 19.4. The van der Waals surface area contributed by atoms with Gasteiger partial charge in [-0.25, -0.2) is 9.97 Å². The summed E-state index contributed by atoms with van der Waals surface area (Å²) in [5.41, 5.74) is 3.15. The van der Waals surface area contributed by atoms with Gasteiger partial charge in [-0.15, -0.1) is 0 Å². The van der Waals surface area contributed by atoms with E-state index in [1.165, 1.54) is 18.3 Å². The number of anilines is 1. The van der Waals surface area contributed by atoms with Crippen LogP contribution in [-0.4, -0.2) is 57.5 Å². The Labute approximate surface area is 238 Å². The molecule has 1 N–H and O–H groups in total. The third-order valence-electron chi connectivity index (χ3n) is 7.86. The van der Waals surface area contributed by atoms with Gasteiger partial charge >= 0.3 is 6.18 Å². The van der Waals surface area contributed by atoms with E-state index in [1.54, 1.807) is 26.2 Å². The summed E-state index contributed by atoms with van der Waals surface area (Å²) in [6.07, 6.45) is 2.75. The number of alkyl halides is 3. The number of aryl methyl sites for hydroxylation is 3. The summed E-state index contributed by atoms with van der Waals surface area (Å²) < 4.78 is 52.9. The van der Waals surface area contributed by atoms with Crippen molar-refractivity contribution in [2.24, 2.45) is 0 Å². The van der Waals surface area contributed by atoms with E-state index in [0.717, 1.165) is 49.5 Å². The molecule has 1 amide bonds. The van der Waals surface area contributed by atoms with Crippen molar-refractivity contribution in [3.8, 4) is 0 Å². The van der Waals surface area contributed by atoms with Crippen LogP contribution in [0.4, 0.5) is 23.2 Å². The van der Waals surface area contributed by atoms with Crippen molar-refractivity contribution >= 4 is 11.6 Å². The van der Waals surface area contributed by atoms with Gasteiger partial charge < -0.3 is 15.1 Å². The average Bonchev–Trinajstić information content (AvgIpc) is 2.92. The Hall–Kier alpha value is -3.60. The molecule has 1 aliphatic rings. The lowest BCUT2D eigenvalue weighted by Gasteiger charge is -2.42. The first kappa shape index (κ1) is 30.4. The zero-order valence-electron chi connectivity index (χ0n) is 23.8. The molecule has 3 aromatic heterocycles. The maximum atomic E-state index is 13.5. The normalized spacial score (nSPS) is 15.5. The number of likely N-dealkylation sites (tertiary alicyclic amines) is 1. The molecule has 0 saturated carbocycles. The number of hydrogen-bond donors (Lipinski definition) is 1. The van der Waals surface area contributed by atoms with Crippen LogP contribution in [0.15, 0.2) is 42.9 Å². The van der Waals surface area contributed by atoms with Gasteiger partial charge in [-0.3, -0.25) is 9.78 Å². The number of aromatic nitrogens is 3. The molecule has 7 nitrogen and oxygen atoms in total. The lowest BCUT2D eigenvalue weighted by atomic mass is 9.99. The molecule has 0 bridgehead atoms. The monoisotopic (exact) mass is 572 g/mol. The zero-order chi connectivity index (χ0) is 29.7. The molecule has 4 rings (SSSR count). The third-order valence-corrected chi connectivity index (χ3v) is 7.86. The van der Waals surface area contributed by atoms with E-state index in [0.29, 0.717) is 35.6 Å². The summed E-state index contributed by atoms with van der Waals surface area (Å²) in [5.74, 6) is -0.859. The molecule has 41 heavy (non-hydrogen) atoms. The topological polar surface area (TPSA) is 74.2 Å². The Balaban J connectivity index is 1.37. The molecule has 0 radical (unpaired) electrons. The van der Waals surface area contributed by atoms with Crippen LogP contribution in [0.3, 0.4) is 0 Å². The molecule has 220 valence electrons. The smallest absolute Gasteiger partial charge is 0.363 e. The summed E-state index contributed by atoms with van der Waals surface area (Å²) in [5, 5.41) is 2.94. The number of piperidine rings is 1. The highest BCUT2D eigenvalue weighted by molar-refractivity contribution is 5.96. The molecule has 0 unspecified atom stereocenters. The van der Waals surface area contributed by atoms with E-state index in [9.17, 15) is 22.4 Å². The molecular weight excluding hydrogens is 536 g/mol. The second kappa shape index (κ2) is 12.9. The van der Waals surface area contributed by atoms with Gasteiger partial charge in [-0.1, -0.05) is 0 Å². The minimum atomic E-state index is -4.49. The van der Waals surface area contributed by atoms with Crippen molar-refractivity contribution in [3.05, 3.63) is 82.4 Å². The number of halogens is 4. The zero-order valence-corrected chi connectivity index (χ0v) is 23.8. The first-order valence-electron chi connectivity index (χ1n) is 13.8. The Morgan fingerprint density at radius 2 is 1.85 bits per heavy atom. The fraction of sp³-hybridized carbons (Fsp3) is 0.467. The van der Waals surface area contributed by atoms with E-state index >= 15 is 0 Å². The minimum Gasteiger partial charge on any atom is -0.363 e. The Morgan fingerprint density at radius 3 is 2.46 bits per heavy atom. The quantitative estimate of drug-likeness (QED) is 0.265. The van der Waals surface area contributed by atoms with Crippen LogP contribution in [0.1, 0.15) is 64.6 Å². The minimum absolute atomic E-state index is 0.119. The summed E-state index contributed by atoms with van der Waals surface area (Å²) in [6.45, 7) is 10.1. The molecular formula is C30H36F4N6O. The summed E-state index contributed by atoms with van der Waals surface area (Å²) >= 11 is 0. The second-order valence-corrected chi connectivity index (χ2v) is 10.7. The number of carbonyl (C=O) groups is 1. The van der Waals surface area contributed by atoms with Gasteiger partial charge in [-0.2, -0.15) is 17.6 Å². The molecule has 0 aromatic carbocycles. The van der Waals surface area contributed by atoms with Crippen LogP contribution in [0.2, 0.25) is 0 Å². The summed E-state index contributed by atoms with van der Waals surface area (Å²) in [4.78, 5) is 28.9. The second-order valence-electron chi connectivity index (χ2n) is 10.7. The van der Waals surface area contributed by atoms with Crippen LogP contribution in [0.5, 0.6) is 0 Å². The van der Waals surface area contributed by atoms with Gasteiger partial charge in [0.1, 0.15) is 5.69 Å². The van der Waals surface area contributed by atoms with E-state index in [1.807, 2.05) is 13.0 Å². The van der Waals surface area contributed by atoms with Crippen LogP contribution in [0.25, 0.3) is 0 Å². The number of carbonyl (C=O) groups excluding carboxylic acids is 1. The van der Waals surface area contributed by atoms with Crippen LogP contribution in [0, 0.1) is 26.7 Å². The highest BCUT2D eigenvalue weighted by Crippen LogP contribution is 2.31.